The van der Waals surface area contributed by atoms with Gasteiger partial charge in [0, 0.05) is 33.8 Å². The first-order valence-corrected chi connectivity index (χ1v) is 13.6. The Morgan fingerprint density at radius 3 is 2.58 bits per heavy atom. The second-order valence-corrected chi connectivity index (χ2v) is 11.4. The van der Waals surface area contributed by atoms with E-state index in [1.54, 1.807) is 0 Å². The van der Waals surface area contributed by atoms with Crippen molar-refractivity contribution in [3.05, 3.63) is 70.9 Å². The highest BCUT2D eigenvalue weighted by Crippen LogP contribution is 2.44. The molecule has 2 aromatic carbocycles. The third-order valence-electron chi connectivity index (χ3n) is 8.58. The van der Waals surface area contributed by atoms with Gasteiger partial charge in [-0.3, -0.25) is 9.59 Å². The molecule has 1 saturated carbocycles. The zero-order chi connectivity index (χ0) is 25.6. The zero-order valence-electron chi connectivity index (χ0n) is 22.2. The Morgan fingerprint density at radius 2 is 1.81 bits per heavy atom. The maximum atomic E-state index is 14.0. The number of carbonyl (C=O) groups is 2. The standard InChI is InChI=1S/C31H39N3O2/c1-18(2)17-27(30(35)33-25-16-10-11-19(3)20(25)4)34-29(22-12-6-7-13-23(22)31(34)36)28-21(5)32-26-15-9-8-14-24(26)28/h6-9,12-15,18-20,25,27,29,32H,10-11,16-17H2,1-5H3,(H,33,35). The molecule has 190 valence electrons. The average Bonchev–Trinajstić information content (AvgIpc) is 3.33. The summed E-state index contributed by atoms with van der Waals surface area (Å²) in [4.78, 5) is 33.5. The Morgan fingerprint density at radius 1 is 1.08 bits per heavy atom. The van der Waals surface area contributed by atoms with E-state index in [9.17, 15) is 9.59 Å². The van der Waals surface area contributed by atoms with E-state index in [-0.39, 0.29) is 29.8 Å². The van der Waals surface area contributed by atoms with E-state index >= 15 is 0 Å². The number of H-pyrrole nitrogens is 1. The van der Waals surface area contributed by atoms with Crippen LogP contribution in [-0.4, -0.2) is 33.8 Å². The molecule has 5 unspecified atom stereocenters. The fourth-order valence-electron chi connectivity index (χ4n) is 6.46. The number of rotatable bonds is 6. The van der Waals surface area contributed by atoms with E-state index in [2.05, 4.69) is 57.1 Å². The molecule has 5 rings (SSSR count). The fourth-order valence-corrected chi connectivity index (χ4v) is 6.46. The van der Waals surface area contributed by atoms with E-state index in [1.807, 2.05) is 41.3 Å². The molecule has 1 fully saturated rings. The topological polar surface area (TPSA) is 65.2 Å². The summed E-state index contributed by atoms with van der Waals surface area (Å²) in [7, 11) is 0. The molecule has 5 nitrogen and oxygen atoms in total. The Bertz CT molecular complexity index is 1280. The summed E-state index contributed by atoms with van der Waals surface area (Å²) in [5, 5.41) is 4.51. The normalized spacial score (nSPS) is 24.8. The molecule has 3 aromatic rings. The minimum Gasteiger partial charge on any atom is -0.358 e. The minimum absolute atomic E-state index is 0.0155. The highest BCUT2D eigenvalue weighted by Gasteiger charge is 2.46. The number of carbonyl (C=O) groups excluding carboxylic acids is 2. The van der Waals surface area contributed by atoms with Crippen molar-refractivity contribution in [2.24, 2.45) is 17.8 Å². The summed E-state index contributed by atoms with van der Waals surface area (Å²) in [6.07, 6.45) is 3.98. The highest BCUT2D eigenvalue weighted by molar-refractivity contribution is 6.03. The van der Waals surface area contributed by atoms with Gasteiger partial charge in [0.25, 0.3) is 5.91 Å². The Balaban J connectivity index is 1.59. The molecule has 0 radical (unpaired) electrons. The lowest BCUT2D eigenvalue weighted by atomic mass is 9.78. The smallest absolute Gasteiger partial charge is 0.255 e. The maximum Gasteiger partial charge on any atom is 0.255 e. The number of nitrogens with one attached hydrogen (secondary N) is 2. The second kappa shape index (κ2) is 9.76. The quantitative estimate of drug-likeness (QED) is 0.426. The Kier molecular flexibility index (Phi) is 6.67. The summed E-state index contributed by atoms with van der Waals surface area (Å²) in [6.45, 7) is 10.9. The maximum absolute atomic E-state index is 14.0. The molecule has 2 heterocycles. The van der Waals surface area contributed by atoms with Crippen molar-refractivity contribution in [2.45, 2.75) is 78.4 Å². The van der Waals surface area contributed by atoms with Crippen LogP contribution in [0.25, 0.3) is 10.9 Å². The lowest BCUT2D eigenvalue weighted by Crippen LogP contribution is -2.54. The van der Waals surface area contributed by atoms with Gasteiger partial charge in [-0.2, -0.15) is 0 Å². The first-order valence-electron chi connectivity index (χ1n) is 13.6. The molecule has 36 heavy (non-hydrogen) atoms. The van der Waals surface area contributed by atoms with Crippen molar-refractivity contribution < 1.29 is 9.59 Å². The summed E-state index contributed by atoms with van der Waals surface area (Å²) < 4.78 is 0. The van der Waals surface area contributed by atoms with Gasteiger partial charge in [-0.15, -0.1) is 0 Å². The third kappa shape index (κ3) is 4.23. The number of benzene rings is 2. The van der Waals surface area contributed by atoms with E-state index in [0.717, 1.165) is 40.6 Å². The zero-order valence-corrected chi connectivity index (χ0v) is 22.2. The van der Waals surface area contributed by atoms with Crippen LogP contribution < -0.4 is 5.32 Å². The molecule has 0 bridgehead atoms. The van der Waals surface area contributed by atoms with E-state index in [4.69, 9.17) is 0 Å². The number of para-hydroxylation sites is 1. The van der Waals surface area contributed by atoms with Gasteiger partial charge in [0.1, 0.15) is 6.04 Å². The SMILES string of the molecule is Cc1[nH]c2ccccc2c1C1c2ccccc2C(=O)N1C(CC(C)C)C(=O)NC1CCCC(C)C1C. The third-order valence-corrected chi connectivity index (χ3v) is 8.58. The Hall–Kier alpha value is -3.08. The van der Waals surface area contributed by atoms with Crippen LogP contribution in [0.1, 0.15) is 86.6 Å². The van der Waals surface area contributed by atoms with Crippen LogP contribution in [-0.2, 0) is 4.79 Å². The van der Waals surface area contributed by atoms with Crippen molar-refractivity contribution in [3.63, 3.8) is 0 Å². The molecule has 2 amide bonds. The molecule has 1 aromatic heterocycles. The van der Waals surface area contributed by atoms with Crippen LogP contribution in [0.4, 0.5) is 0 Å². The van der Waals surface area contributed by atoms with Crippen molar-refractivity contribution >= 4 is 22.7 Å². The lowest BCUT2D eigenvalue weighted by Gasteiger charge is -2.38. The Labute approximate surface area is 214 Å². The number of aromatic amines is 1. The highest BCUT2D eigenvalue weighted by atomic mass is 16.2. The van der Waals surface area contributed by atoms with Crippen molar-refractivity contribution in [1.29, 1.82) is 0 Å². The minimum atomic E-state index is -0.535. The second-order valence-electron chi connectivity index (χ2n) is 11.4. The summed E-state index contributed by atoms with van der Waals surface area (Å²) >= 11 is 0. The summed E-state index contributed by atoms with van der Waals surface area (Å²) in [6, 6.07) is 15.4. The summed E-state index contributed by atoms with van der Waals surface area (Å²) in [5.74, 6) is 1.22. The van der Waals surface area contributed by atoms with Gasteiger partial charge in [0.05, 0.1) is 6.04 Å². The van der Waals surface area contributed by atoms with Crippen molar-refractivity contribution in [3.8, 4) is 0 Å². The molecular weight excluding hydrogens is 446 g/mol. The van der Waals surface area contributed by atoms with Crippen molar-refractivity contribution in [2.75, 3.05) is 0 Å². The first kappa shape index (κ1) is 24.6. The molecular formula is C31H39N3O2. The molecule has 1 aliphatic heterocycles. The number of hydrogen-bond donors (Lipinski definition) is 2. The average molecular weight is 486 g/mol. The number of aryl methyl sites for hydroxylation is 1. The van der Waals surface area contributed by atoms with Crippen LogP contribution >= 0.6 is 0 Å². The predicted octanol–water partition coefficient (Wildman–Crippen LogP) is 6.38. The summed E-state index contributed by atoms with van der Waals surface area (Å²) in [5.41, 5.74) is 4.86. The van der Waals surface area contributed by atoms with Gasteiger partial charge in [0.15, 0.2) is 0 Å². The lowest BCUT2D eigenvalue weighted by molar-refractivity contribution is -0.128. The number of amides is 2. The van der Waals surface area contributed by atoms with Crippen LogP contribution in [0.3, 0.4) is 0 Å². The predicted molar refractivity (Wildman–Crippen MR) is 145 cm³/mol. The fraction of sp³-hybridized carbons (Fsp3) is 0.484. The molecule has 5 heteroatoms. The van der Waals surface area contributed by atoms with Gasteiger partial charge in [-0.25, -0.2) is 0 Å². The molecule has 1 aliphatic carbocycles. The van der Waals surface area contributed by atoms with Crippen LogP contribution in [0.5, 0.6) is 0 Å². The van der Waals surface area contributed by atoms with E-state index in [1.165, 1.54) is 6.42 Å². The van der Waals surface area contributed by atoms with Gasteiger partial charge < -0.3 is 15.2 Å². The van der Waals surface area contributed by atoms with Gasteiger partial charge in [-0.05, 0) is 55.2 Å². The number of nitrogens with zero attached hydrogens (tertiary/aromatic N) is 1. The number of hydrogen-bond acceptors (Lipinski definition) is 2. The molecule has 2 N–H and O–H groups in total. The van der Waals surface area contributed by atoms with Gasteiger partial charge >= 0.3 is 0 Å². The molecule has 0 saturated heterocycles. The van der Waals surface area contributed by atoms with Crippen molar-refractivity contribution in [1.82, 2.24) is 15.2 Å². The molecule has 5 atom stereocenters. The first-order chi connectivity index (χ1) is 17.3. The van der Waals surface area contributed by atoms with E-state index < -0.39 is 6.04 Å². The van der Waals surface area contributed by atoms with Gasteiger partial charge in [-0.1, -0.05) is 76.9 Å². The molecule has 2 aliphatic rings. The number of fused-ring (bicyclic) bond motifs is 2. The molecule has 0 spiro atoms. The monoisotopic (exact) mass is 485 g/mol. The van der Waals surface area contributed by atoms with Crippen LogP contribution in [0, 0.1) is 24.7 Å². The number of aromatic nitrogens is 1. The van der Waals surface area contributed by atoms with Gasteiger partial charge in [0.2, 0.25) is 5.91 Å². The van der Waals surface area contributed by atoms with Crippen LogP contribution in [0.15, 0.2) is 48.5 Å². The largest absolute Gasteiger partial charge is 0.358 e. The van der Waals surface area contributed by atoms with E-state index in [0.29, 0.717) is 23.8 Å². The van der Waals surface area contributed by atoms with Crippen LogP contribution in [0.2, 0.25) is 0 Å².